The first-order chi connectivity index (χ1) is 17.0. The number of thioether (sulfide) groups is 1. The van der Waals surface area contributed by atoms with E-state index in [-0.39, 0.29) is 30.6 Å². The maximum Gasteiger partial charge on any atom is 0.305 e. The molecule has 0 bridgehead atoms. The highest BCUT2D eigenvalue weighted by molar-refractivity contribution is 8.01. The molecule has 1 aliphatic rings. The van der Waals surface area contributed by atoms with Crippen molar-refractivity contribution in [2.24, 2.45) is 5.92 Å². The van der Waals surface area contributed by atoms with Crippen LogP contribution in [0.25, 0.3) is 0 Å². The van der Waals surface area contributed by atoms with Gasteiger partial charge in [-0.1, -0.05) is 87.9 Å². The highest BCUT2D eigenvalue weighted by Gasteiger charge is 2.60. The van der Waals surface area contributed by atoms with Crippen molar-refractivity contribution in [3.8, 4) is 0 Å². The number of unbranched alkanes of at least 4 members (excludes halogenated alkanes) is 6. The van der Waals surface area contributed by atoms with Gasteiger partial charge >= 0.3 is 5.97 Å². The first-order valence-electron chi connectivity index (χ1n) is 12.6. The molecule has 1 aromatic heterocycles. The molecule has 1 saturated heterocycles. The van der Waals surface area contributed by atoms with Crippen LogP contribution in [0.5, 0.6) is 0 Å². The number of para-hydroxylation sites is 1. The number of benzene rings is 1. The summed E-state index contributed by atoms with van der Waals surface area (Å²) >= 11 is 1.31. The molecule has 2 unspecified atom stereocenters. The van der Waals surface area contributed by atoms with Gasteiger partial charge in [0.2, 0.25) is 5.91 Å². The number of carbonyl (C=O) groups is 3. The Labute approximate surface area is 212 Å². The van der Waals surface area contributed by atoms with E-state index in [1.807, 2.05) is 36.4 Å². The third-order valence-corrected chi connectivity index (χ3v) is 8.09. The largest absolute Gasteiger partial charge is 0.469 e. The lowest BCUT2D eigenvalue weighted by Crippen LogP contribution is -2.41. The van der Waals surface area contributed by atoms with Crippen LogP contribution in [0.3, 0.4) is 0 Å². The number of rotatable bonds is 14. The fourth-order valence-corrected chi connectivity index (χ4v) is 6.09. The smallest absolute Gasteiger partial charge is 0.305 e. The maximum atomic E-state index is 14.1. The van der Waals surface area contributed by atoms with Crippen LogP contribution in [-0.4, -0.2) is 34.6 Å². The number of methoxy groups -OCH3 is 1. The second kappa shape index (κ2) is 13.4. The van der Waals surface area contributed by atoms with Crippen molar-refractivity contribution in [1.29, 1.82) is 0 Å². The summed E-state index contributed by atoms with van der Waals surface area (Å²) in [5.41, 5.74) is 0.564. The predicted octanol–water partition coefficient (Wildman–Crippen LogP) is 6.20. The van der Waals surface area contributed by atoms with E-state index in [0.717, 1.165) is 19.3 Å². The first-order valence-corrected chi connectivity index (χ1v) is 13.5. The lowest BCUT2D eigenvalue weighted by Gasteiger charge is -2.30. The summed E-state index contributed by atoms with van der Waals surface area (Å²) in [5, 5.41) is 0.665. The van der Waals surface area contributed by atoms with Gasteiger partial charge < -0.3 is 4.74 Å². The van der Waals surface area contributed by atoms with Gasteiger partial charge in [-0.3, -0.25) is 14.4 Å². The molecule has 3 rings (SSSR count). The van der Waals surface area contributed by atoms with E-state index >= 15 is 0 Å². The highest BCUT2D eigenvalue weighted by atomic mass is 32.2. The number of imide groups is 1. The molecule has 1 aliphatic heterocycles. The number of ether oxygens (including phenoxy) is 1. The number of anilines is 1. The SMILES string of the molecule is CCCCCCCCCC1C(=O)N(c2ccccc2)C(=O)C1(CCC(=O)OC)Sc1ccccn1. The van der Waals surface area contributed by atoms with E-state index < -0.39 is 10.7 Å². The molecule has 0 aliphatic carbocycles. The van der Waals surface area contributed by atoms with Gasteiger partial charge in [0.15, 0.2) is 0 Å². The van der Waals surface area contributed by atoms with Crippen molar-refractivity contribution in [1.82, 2.24) is 4.98 Å². The number of hydrogen-bond donors (Lipinski definition) is 0. The first kappa shape index (κ1) is 26.9. The van der Waals surface area contributed by atoms with Crippen LogP contribution in [0.15, 0.2) is 59.8 Å². The molecule has 188 valence electrons. The average Bonchev–Trinajstić information content (AvgIpc) is 3.08. The number of amides is 2. The highest BCUT2D eigenvalue weighted by Crippen LogP contribution is 2.50. The second-order valence-electron chi connectivity index (χ2n) is 9.01. The molecule has 1 aromatic carbocycles. The summed E-state index contributed by atoms with van der Waals surface area (Å²) in [6.07, 6.45) is 10.5. The Bertz CT molecular complexity index is 969. The van der Waals surface area contributed by atoms with Gasteiger partial charge in [-0.2, -0.15) is 0 Å². The number of nitrogens with zero attached hydrogens (tertiary/aromatic N) is 2. The number of hydrogen-bond acceptors (Lipinski definition) is 6. The maximum absolute atomic E-state index is 14.1. The van der Waals surface area contributed by atoms with Crippen molar-refractivity contribution in [2.45, 2.75) is 80.9 Å². The van der Waals surface area contributed by atoms with Gasteiger partial charge in [0.05, 0.1) is 23.7 Å². The van der Waals surface area contributed by atoms with Crippen LogP contribution >= 0.6 is 11.8 Å². The molecule has 1 fully saturated rings. The summed E-state index contributed by atoms with van der Waals surface area (Å²) in [6, 6.07) is 14.6. The molecule has 2 heterocycles. The number of esters is 1. The predicted molar refractivity (Wildman–Crippen MR) is 139 cm³/mol. The van der Waals surface area contributed by atoms with Gasteiger partial charge in [0, 0.05) is 12.6 Å². The third-order valence-electron chi connectivity index (χ3n) is 6.61. The number of pyridine rings is 1. The normalized spacial score (nSPS) is 19.8. The van der Waals surface area contributed by atoms with E-state index in [4.69, 9.17) is 4.74 Å². The van der Waals surface area contributed by atoms with Crippen LogP contribution in [0, 0.1) is 5.92 Å². The van der Waals surface area contributed by atoms with Gasteiger partial charge in [-0.05, 0) is 37.1 Å². The number of aromatic nitrogens is 1. The van der Waals surface area contributed by atoms with Crippen molar-refractivity contribution in [2.75, 3.05) is 12.0 Å². The molecule has 0 radical (unpaired) electrons. The van der Waals surface area contributed by atoms with Gasteiger partial charge in [0.25, 0.3) is 5.91 Å². The van der Waals surface area contributed by atoms with Crippen LogP contribution in [0.1, 0.15) is 71.1 Å². The molecule has 0 N–H and O–H groups in total. The minimum atomic E-state index is -1.11. The minimum Gasteiger partial charge on any atom is -0.469 e. The lowest BCUT2D eigenvalue weighted by atomic mass is 9.85. The molecular formula is C28H36N2O4S. The van der Waals surface area contributed by atoms with Crippen molar-refractivity contribution < 1.29 is 19.1 Å². The topological polar surface area (TPSA) is 76.6 Å². The molecule has 35 heavy (non-hydrogen) atoms. The summed E-state index contributed by atoms with van der Waals surface area (Å²) < 4.78 is 3.77. The van der Waals surface area contributed by atoms with Crippen molar-refractivity contribution in [3.63, 3.8) is 0 Å². The van der Waals surface area contributed by atoms with E-state index in [2.05, 4.69) is 11.9 Å². The van der Waals surface area contributed by atoms with Crippen LogP contribution in [0.4, 0.5) is 5.69 Å². The Balaban J connectivity index is 1.90. The molecule has 6 nitrogen and oxygen atoms in total. The summed E-state index contributed by atoms with van der Waals surface area (Å²) in [7, 11) is 1.34. The standard InChI is InChI=1S/C28H36N2O4S/c1-3-4-5-6-7-8-12-17-23-26(32)30(22-15-10-9-11-16-22)27(33)28(23,20-19-25(31)34-2)35-24-18-13-14-21-29-24/h9-11,13-16,18,21,23H,3-8,12,17,19-20H2,1-2H3. The third kappa shape index (κ3) is 6.72. The van der Waals surface area contributed by atoms with E-state index in [0.29, 0.717) is 17.1 Å². The molecule has 7 heteroatoms. The molecule has 0 saturated carbocycles. The minimum absolute atomic E-state index is 0.0610. The lowest BCUT2D eigenvalue weighted by molar-refractivity contribution is -0.141. The van der Waals surface area contributed by atoms with Gasteiger partial charge in [-0.25, -0.2) is 9.88 Å². The van der Waals surface area contributed by atoms with Gasteiger partial charge in [0.1, 0.15) is 4.75 Å². The average molecular weight is 497 g/mol. The Morgan fingerprint density at radius 2 is 1.69 bits per heavy atom. The molecular weight excluding hydrogens is 460 g/mol. The van der Waals surface area contributed by atoms with Crippen molar-refractivity contribution in [3.05, 3.63) is 54.7 Å². The summed E-state index contributed by atoms with van der Waals surface area (Å²) in [6.45, 7) is 2.20. The summed E-state index contributed by atoms with van der Waals surface area (Å²) in [5.74, 6) is -1.40. The van der Waals surface area contributed by atoms with E-state index in [9.17, 15) is 14.4 Å². The van der Waals surface area contributed by atoms with Crippen molar-refractivity contribution >= 4 is 35.2 Å². The fraction of sp³-hybridized carbons (Fsp3) is 0.500. The molecule has 2 amide bonds. The van der Waals surface area contributed by atoms with E-state index in [1.54, 1.807) is 18.3 Å². The number of carbonyl (C=O) groups excluding carboxylic acids is 3. The molecule has 2 aromatic rings. The zero-order chi connectivity index (χ0) is 25.1. The van der Waals surface area contributed by atoms with Crippen LogP contribution in [-0.2, 0) is 19.1 Å². The molecule has 2 atom stereocenters. The Morgan fingerprint density at radius 3 is 2.34 bits per heavy atom. The fourth-order valence-electron chi connectivity index (χ4n) is 4.71. The molecule has 0 spiro atoms. The monoisotopic (exact) mass is 496 g/mol. The Morgan fingerprint density at radius 1 is 1.00 bits per heavy atom. The quantitative estimate of drug-likeness (QED) is 0.176. The zero-order valence-electron chi connectivity index (χ0n) is 20.8. The van der Waals surface area contributed by atoms with Crippen LogP contribution in [0.2, 0.25) is 0 Å². The summed E-state index contributed by atoms with van der Waals surface area (Å²) in [4.78, 5) is 45.7. The Kier molecular flexibility index (Phi) is 10.3. The second-order valence-corrected chi connectivity index (χ2v) is 10.4. The van der Waals surface area contributed by atoms with E-state index in [1.165, 1.54) is 49.5 Å². The van der Waals surface area contributed by atoms with Crippen LogP contribution < -0.4 is 4.90 Å². The zero-order valence-corrected chi connectivity index (χ0v) is 21.6. The van der Waals surface area contributed by atoms with Gasteiger partial charge in [-0.15, -0.1) is 0 Å². The Hall–Kier alpha value is -2.67.